The fourth-order valence-electron chi connectivity index (χ4n) is 2.43. The van der Waals surface area contributed by atoms with Crippen molar-refractivity contribution in [2.45, 2.75) is 16.8 Å². The number of esters is 1. The molecule has 1 aromatic carbocycles. The Morgan fingerprint density at radius 3 is 2.70 bits per heavy atom. The molecule has 7 heteroatoms. The molecule has 23 heavy (non-hydrogen) atoms. The van der Waals surface area contributed by atoms with Gasteiger partial charge in [-0.15, -0.1) is 10.2 Å². The number of para-hydroxylation sites is 1. The standard InChI is InChI=1S/C16H13N3O3S/c20-15-13(8-10-22-15)23-16-18-17-14(12-7-4-9-21-12)19(16)11-5-2-1-3-6-11/h1-7,9,13H,8,10H2/t13-/m1/s1. The Hall–Kier alpha value is -2.54. The first-order valence-corrected chi connectivity index (χ1v) is 8.09. The minimum atomic E-state index is -0.244. The van der Waals surface area contributed by atoms with Gasteiger partial charge in [-0.1, -0.05) is 30.0 Å². The first kappa shape index (κ1) is 14.1. The Bertz CT molecular complexity index is 814. The van der Waals surface area contributed by atoms with Crippen molar-refractivity contribution in [2.75, 3.05) is 6.61 Å². The van der Waals surface area contributed by atoms with Crippen molar-refractivity contribution < 1.29 is 13.9 Å². The van der Waals surface area contributed by atoms with E-state index in [4.69, 9.17) is 9.15 Å². The van der Waals surface area contributed by atoms with E-state index in [1.165, 1.54) is 11.8 Å². The molecule has 6 nitrogen and oxygen atoms in total. The highest BCUT2D eigenvalue weighted by molar-refractivity contribution is 8.00. The number of rotatable bonds is 4. The molecule has 4 rings (SSSR count). The molecule has 1 saturated heterocycles. The molecule has 1 aliphatic rings. The van der Waals surface area contributed by atoms with Crippen molar-refractivity contribution in [3.05, 3.63) is 48.7 Å². The molecule has 2 aromatic heterocycles. The first-order valence-electron chi connectivity index (χ1n) is 7.21. The summed E-state index contributed by atoms with van der Waals surface area (Å²) in [5, 5.41) is 8.90. The number of furan rings is 1. The van der Waals surface area contributed by atoms with Gasteiger partial charge in [-0.05, 0) is 24.3 Å². The van der Waals surface area contributed by atoms with Crippen molar-refractivity contribution >= 4 is 17.7 Å². The minimum Gasteiger partial charge on any atom is -0.465 e. The maximum atomic E-state index is 11.7. The summed E-state index contributed by atoms with van der Waals surface area (Å²) in [4.78, 5) is 11.7. The van der Waals surface area contributed by atoms with Gasteiger partial charge in [0.15, 0.2) is 10.9 Å². The van der Waals surface area contributed by atoms with E-state index in [1.54, 1.807) is 12.3 Å². The third-order valence-corrected chi connectivity index (χ3v) is 4.71. The van der Waals surface area contributed by atoms with Crippen LogP contribution in [0.1, 0.15) is 6.42 Å². The Morgan fingerprint density at radius 1 is 1.13 bits per heavy atom. The monoisotopic (exact) mass is 327 g/mol. The molecule has 3 heterocycles. The van der Waals surface area contributed by atoms with Crippen LogP contribution in [-0.4, -0.2) is 32.6 Å². The lowest BCUT2D eigenvalue weighted by Gasteiger charge is -2.10. The summed E-state index contributed by atoms with van der Waals surface area (Å²) in [6.45, 7) is 0.459. The smallest absolute Gasteiger partial charge is 0.319 e. The average molecular weight is 327 g/mol. The molecule has 0 unspecified atom stereocenters. The van der Waals surface area contributed by atoms with Crippen molar-refractivity contribution in [3.63, 3.8) is 0 Å². The normalized spacial score (nSPS) is 17.4. The van der Waals surface area contributed by atoms with E-state index < -0.39 is 0 Å². The molecular formula is C16H13N3O3S. The van der Waals surface area contributed by atoms with Gasteiger partial charge in [0.2, 0.25) is 5.82 Å². The van der Waals surface area contributed by atoms with Crippen molar-refractivity contribution in [3.8, 4) is 17.3 Å². The Labute approximate surface area is 136 Å². The van der Waals surface area contributed by atoms with Crippen LogP contribution >= 0.6 is 11.8 Å². The lowest BCUT2D eigenvalue weighted by atomic mass is 10.3. The summed E-state index contributed by atoms with van der Waals surface area (Å²) in [5.41, 5.74) is 0.915. The molecule has 0 spiro atoms. The predicted molar refractivity (Wildman–Crippen MR) is 84.3 cm³/mol. The molecule has 0 saturated carbocycles. The Balaban J connectivity index is 1.78. The molecule has 1 atom stereocenters. The molecule has 0 amide bonds. The molecule has 3 aromatic rings. The van der Waals surface area contributed by atoms with E-state index in [9.17, 15) is 4.79 Å². The van der Waals surface area contributed by atoms with Gasteiger partial charge in [-0.2, -0.15) is 0 Å². The van der Waals surface area contributed by atoms with Gasteiger partial charge >= 0.3 is 5.97 Å². The topological polar surface area (TPSA) is 70.2 Å². The van der Waals surface area contributed by atoms with E-state index in [2.05, 4.69) is 10.2 Å². The van der Waals surface area contributed by atoms with E-state index in [0.717, 1.165) is 5.69 Å². The molecule has 0 aliphatic carbocycles. The fourth-order valence-corrected chi connectivity index (χ4v) is 3.45. The summed E-state index contributed by atoms with van der Waals surface area (Å²) in [5.74, 6) is 1.04. The highest BCUT2D eigenvalue weighted by Crippen LogP contribution is 2.33. The van der Waals surface area contributed by atoms with Gasteiger partial charge in [-0.25, -0.2) is 0 Å². The predicted octanol–water partition coefficient (Wildman–Crippen LogP) is 2.93. The molecule has 0 bridgehead atoms. The molecule has 116 valence electrons. The number of carbonyl (C=O) groups is 1. The lowest BCUT2D eigenvalue weighted by Crippen LogP contribution is -2.11. The third kappa shape index (κ3) is 2.63. The van der Waals surface area contributed by atoms with Crippen LogP contribution in [0.5, 0.6) is 0 Å². The molecular weight excluding hydrogens is 314 g/mol. The molecule has 0 N–H and O–H groups in total. The number of aromatic nitrogens is 3. The van der Waals surface area contributed by atoms with E-state index in [1.807, 2.05) is 41.0 Å². The minimum absolute atomic E-state index is 0.197. The number of hydrogen-bond donors (Lipinski definition) is 0. The van der Waals surface area contributed by atoms with Gasteiger partial charge in [0.1, 0.15) is 5.25 Å². The van der Waals surface area contributed by atoms with Crippen LogP contribution in [0.2, 0.25) is 0 Å². The maximum absolute atomic E-state index is 11.7. The van der Waals surface area contributed by atoms with Crippen molar-refractivity contribution in [2.24, 2.45) is 0 Å². The summed E-state index contributed by atoms with van der Waals surface area (Å²) >= 11 is 1.37. The van der Waals surface area contributed by atoms with Crippen LogP contribution < -0.4 is 0 Å². The first-order chi connectivity index (χ1) is 11.3. The van der Waals surface area contributed by atoms with E-state index in [-0.39, 0.29) is 11.2 Å². The number of cyclic esters (lactones) is 1. The number of nitrogens with zero attached hydrogens (tertiary/aromatic N) is 3. The zero-order valence-corrected chi connectivity index (χ0v) is 12.9. The summed E-state index contributed by atoms with van der Waals surface area (Å²) < 4.78 is 12.4. The zero-order valence-electron chi connectivity index (χ0n) is 12.1. The lowest BCUT2D eigenvalue weighted by molar-refractivity contribution is -0.137. The van der Waals surface area contributed by atoms with E-state index in [0.29, 0.717) is 29.8 Å². The van der Waals surface area contributed by atoms with Crippen molar-refractivity contribution in [1.29, 1.82) is 0 Å². The Kier molecular flexibility index (Phi) is 3.63. The van der Waals surface area contributed by atoms with Crippen LogP contribution in [0.25, 0.3) is 17.3 Å². The largest absolute Gasteiger partial charge is 0.465 e. The van der Waals surface area contributed by atoms with Gasteiger partial charge in [0.25, 0.3) is 0 Å². The summed E-state index contributed by atoms with van der Waals surface area (Å²) in [6.07, 6.45) is 2.28. The maximum Gasteiger partial charge on any atom is 0.319 e. The highest BCUT2D eigenvalue weighted by atomic mass is 32.2. The number of benzene rings is 1. The number of hydrogen-bond acceptors (Lipinski definition) is 6. The third-order valence-electron chi connectivity index (χ3n) is 3.52. The molecule has 1 fully saturated rings. The molecule has 1 aliphatic heterocycles. The Morgan fingerprint density at radius 2 is 2.00 bits per heavy atom. The summed E-state index contributed by atoms with van der Waals surface area (Å²) in [7, 11) is 0. The van der Waals surface area contributed by atoms with Crippen LogP contribution in [-0.2, 0) is 9.53 Å². The second-order valence-corrected chi connectivity index (χ2v) is 6.19. The number of thioether (sulfide) groups is 1. The van der Waals surface area contributed by atoms with Gasteiger partial charge in [0.05, 0.1) is 12.9 Å². The van der Waals surface area contributed by atoms with Crippen LogP contribution in [0.3, 0.4) is 0 Å². The second-order valence-electron chi connectivity index (χ2n) is 5.02. The number of carbonyl (C=O) groups excluding carboxylic acids is 1. The van der Waals surface area contributed by atoms with Gasteiger partial charge in [0, 0.05) is 12.1 Å². The summed E-state index contributed by atoms with van der Waals surface area (Å²) in [6, 6.07) is 13.4. The number of ether oxygens (including phenoxy) is 1. The quantitative estimate of drug-likeness (QED) is 0.686. The fraction of sp³-hybridized carbons (Fsp3) is 0.188. The highest BCUT2D eigenvalue weighted by Gasteiger charge is 2.30. The zero-order chi connectivity index (χ0) is 15.6. The SMILES string of the molecule is O=C1OCC[C@H]1Sc1nnc(-c2ccco2)n1-c1ccccc1. The van der Waals surface area contributed by atoms with Gasteiger partial charge < -0.3 is 9.15 Å². The second kappa shape index (κ2) is 5.92. The average Bonchev–Trinajstić information content (AvgIpc) is 3.30. The van der Waals surface area contributed by atoms with Gasteiger partial charge in [-0.3, -0.25) is 9.36 Å². The van der Waals surface area contributed by atoms with Crippen LogP contribution in [0.15, 0.2) is 58.3 Å². The van der Waals surface area contributed by atoms with Crippen molar-refractivity contribution in [1.82, 2.24) is 14.8 Å². The van der Waals surface area contributed by atoms with Crippen LogP contribution in [0.4, 0.5) is 0 Å². The van der Waals surface area contributed by atoms with Crippen LogP contribution in [0, 0.1) is 0 Å². The van der Waals surface area contributed by atoms with E-state index >= 15 is 0 Å². The molecule has 0 radical (unpaired) electrons.